The molecule has 34 heavy (non-hydrogen) atoms. The minimum absolute atomic E-state index is 0.0103. The number of aliphatic hydroxyl groups is 2. The summed E-state index contributed by atoms with van der Waals surface area (Å²) in [6, 6.07) is 7.85. The molecule has 180 valence electrons. The maximum atomic E-state index is 12.6. The van der Waals surface area contributed by atoms with Crippen LogP contribution in [0.4, 0.5) is 5.69 Å². The summed E-state index contributed by atoms with van der Waals surface area (Å²) >= 11 is 0. The zero-order chi connectivity index (χ0) is 24.6. The largest absolute Gasteiger partial charge is 0.462 e. The number of methoxy groups -OCH3 is 1. The van der Waals surface area contributed by atoms with Crippen LogP contribution < -0.4 is 15.7 Å². The minimum Gasteiger partial charge on any atom is -0.462 e. The average molecular weight is 470 g/mol. The minimum atomic E-state index is -1.37. The van der Waals surface area contributed by atoms with Crippen LogP contribution in [-0.2, 0) is 9.47 Å². The highest BCUT2D eigenvalue weighted by Gasteiger charge is 2.50. The molecule has 1 aromatic carbocycles. The number of nitrogens with one attached hydrogen (secondary N) is 1. The summed E-state index contributed by atoms with van der Waals surface area (Å²) in [5.41, 5.74) is -0.589. The number of fused-ring (bicyclic) bond motifs is 1. The van der Waals surface area contributed by atoms with E-state index in [1.165, 1.54) is 37.7 Å². The molecule has 3 heterocycles. The molecular weight excluding hydrogens is 444 g/mol. The second-order valence-corrected chi connectivity index (χ2v) is 8.59. The third kappa shape index (κ3) is 4.40. The Hall–Kier alpha value is -3.31. The first kappa shape index (κ1) is 23.8. The van der Waals surface area contributed by atoms with Gasteiger partial charge in [-0.2, -0.15) is 0 Å². The van der Waals surface area contributed by atoms with Gasteiger partial charge >= 0.3 is 5.63 Å². The third-order valence-corrected chi connectivity index (χ3v) is 5.83. The number of anilines is 1. The van der Waals surface area contributed by atoms with Crippen molar-refractivity contribution in [3.63, 3.8) is 0 Å². The van der Waals surface area contributed by atoms with Gasteiger partial charge in [-0.25, -0.2) is 4.79 Å². The summed E-state index contributed by atoms with van der Waals surface area (Å²) in [6.45, 7) is 5.13. The molecule has 2 aromatic heterocycles. The topological polar surface area (TPSA) is 140 Å². The number of carbonyl (C=O) groups is 1. The third-order valence-electron chi connectivity index (χ3n) is 5.83. The number of carbonyl (C=O) groups excluding carboxylic acids is 1. The fourth-order valence-corrected chi connectivity index (χ4v) is 4.05. The van der Waals surface area contributed by atoms with Gasteiger partial charge in [0.1, 0.15) is 35.3 Å². The van der Waals surface area contributed by atoms with Gasteiger partial charge in [-0.05, 0) is 51.1 Å². The molecule has 1 fully saturated rings. The molecule has 1 aliphatic rings. The molecule has 1 saturated heterocycles. The lowest BCUT2D eigenvalue weighted by Gasteiger charge is -2.46. The standard InChI is InChI=1S/C24H26N2O8/c1-12-16(32-23-18(28)17(27)20(31-4)24(2,3)34-23)6-5-14-11-15(22(30)33-19(12)14)26-21(29)13-7-9-25-10-8-13/h5-11,17-18,20,23,27-28H,1-4H3,(H,26,29)/t17-,18+,20+,23+/m0/s1. The highest BCUT2D eigenvalue weighted by Crippen LogP contribution is 2.35. The fraction of sp³-hybridized carbons (Fsp3) is 0.375. The van der Waals surface area contributed by atoms with Crippen LogP contribution in [0.2, 0.25) is 0 Å². The first-order valence-corrected chi connectivity index (χ1v) is 10.6. The number of aromatic nitrogens is 1. The van der Waals surface area contributed by atoms with Crippen molar-refractivity contribution in [3.05, 3.63) is 64.3 Å². The molecule has 0 aliphatic carbocycles. The number of hydrogen-bond donors (Lipinski definition) is 3. The molecule has 3 aromatic rings. The second kappa shape index (κ2) is 9.15. The van der Waals surface area contributed by atoms with Gasteiger partial charge in [0, 0.05) is 36.0 Å². The van der Waals surface area contributed by atoms with Gasteiger partial charge in [0.15, 0.2) is 0 Å². The van der Waals surface area contributed by atoms with Gasteiger partial charge in [-0.15, -0.1) is 0 Å². The maximum absolute atomic E-state index is 12.6. The van der Waals surface area contributed by atoms with E-state index in [-0.39, 0.29) is 11.3 Å². The Kier molecular flexibility index (Phi) is 6.41. The number of hydrogen-bond acceptors (Lipinski definition) is 9. The summed E-state index contributed by atoms with van der Waals surface area (Å²) in [6.07, 6.45) is -1.58. The van der Waals surface area contributed by atoms with Crippen molar-refractivity contribution >= 4 is 22.6 Å². The second-order valence-electron chi connectivity index (χ2n) is 8.59. The first-order chi connectivity index (χ1) is 16.1. The van der Waals surface area contributed by atoms with Crippen LogP contribution in [0.3, 0.4) is 0 Å². The van der Waals surface area contributed by atoms with Crippen LogP contribution in [0.15, 0.2) is 51.9 Å². The van der Waals surface area contributed by atoms with Crippen molar-refractivity contribution in [2.24, 2.45) is 0 Å². The molecule has 0 spiro atoms. The molecule has 4 rings (SSSR count). The fourth-order valence-electron chi connectivity index (χ4n) is 4.05. The summed E-state index contributed by atoms with van der Waals surface area (Å²) in [5.74, 6) is -0.170. The number of aliphatic hydroxyl groups excluding tert-OH is 2. The van der Waals surface area contributed by atoms with Crippen LogP contribution in [0.1, 0.15) is 29.8 Å². The molecule has 1 aliphatic heterocycles. The molecule has 1 amide bonds. The summed E-state index contributed by atoms with van der Waals surface area (Å²) in [7, 11) is 1.43. The smallest absolute Gasteiger partial charge is 0.360 e. The lowest BCUT2D eigenvalue weighted by atomic mass is 9.89. The number of ether oxygens (including phenoxy) is 3. The molecule has 0 bridgehead atoms. The summed E-state index contributed by atoms with van der Waals surface area (Å²) < 4.78 is 22.5. The SMILES string of the molecule is CO[C@@H]1[C@@H](O)[C@@H](O)[C@H](Oc2ccc3cc(NC(=O)c4ccncc4)c(=O)oc3c2C)OC1(C)C. The summed E-state index contributed by atoms with van der Waals surface area (Å²) in [5, 5.41) is 24.1. The number of rotatable bonds is 5. The van der Waals surface area contributed by atoms with E-state index in [2.05, 4.69) is 10.3 Å². The average Bonchev–Trinajstić information content (AvgIpc) is 2.80. The van der Waals surface area contributed by atoms with Gasteiger partial charge in [-0.3, -0.25) is 9.78 Å². The lowest BCUT2D eigenvalue weighted by Crippen LogP contribution is -2.63. The normalized spacial score (nSPS) is 24.1. The zero-order valence-electron chi connectivity index (χ0n) is 19.1. The highest BCUT2D eigenvalue weighted by atomic mass is 16.7. The highest BCUT2D eigenvalue weighted by molar-refractivity contribution is 6.04. The van der Waals surface area contributed by atoms with Crippen molar-refractivity contribution in [3.8, 4) is 5.75 Å². The molecular formula is C24H26N2O8. The van der Waals surface area contributed by atoms with Gasteiger partial charge in [0.2, 0.25) is 6.29 Å². The van der Waals surface area contributed by atoms with Crippen molar-refractivity contribution < 1.29 is 33.6 Å². The van der Waals surface area contributed by atoms with Crippen LogP contribution in [0, 0.1) is 6.92 Å². The maximum Gasteiger partial charge on any atom is 0.360 e. The van der Waals surface area contributed by atoms with E-state index in [9.17, 15) is 19.8 Å². The molecule has 10 heteroatoms. The monoisotopic (exact) mass is 470 g/mol. The summed E-state index contributed by atoms with van der Waals surface area (Å²) in [4.78, 5) is 28.8. The van der Waals surface area contributed by atoms with Crippen LogP contribution in [0.5, 0.6) is 5.75 Å². The van der Waals surface area contributed by atoms with Gasteiger partial charge in [-0.1, -0.05) is 0 Å². The Morgan fingerprint density at radius 3 is 2.53 bits per heavy atom. The predicted molar refractivity (Wildman–Crippen MR) is 122 cm³/mol. The lowest BCUT2D eigenvalue weighted by molar-refractivity contribution is -0.306. The van der Waals surface area contributed by atoms with Crippen molar-refractivity contribution in [1.82, 2.24) is 4.98 Å². The number of aryl methyl sites for hydroxylation is 1. The van der Waals surface area contributed by atoms with E-state index >= 15 is 0 Å². The van der Waals surface area contributed by atoms with E-state index in [0.29, 0.717) is 22.3 Å². The zero-order valence-corrected chi connectivity index (χ0v) is 19.1. The van der Waals surface area contributed by atoms with Crippen LogP contribution in [-0.4, -0.2) is 58.4 Å². The number of benzene rings is 1. The first-order valence-electron chi connectivity index (χ1n) is 10.6. The Balaban J connectivity index is 1.60. The molecule has 0 saturated carbocycles. The number of amides is 1. The van der Waals surface area contributed by atoms with Crippen LogP contribution >= 0.6 is 0 Å². The molecule has 0 unspecified atom stereocenters. The predicted octanol–water partition coefficient (Wildman–Crippen LogP) is 2.00. The Morgan fingerprint density at radius 2 is 1.85 bits per heavy atom. The van der Waals surface area contributed by atoms with Crippen molar-refractivity contribution in [2.75, 3.05) is 12.4 Å². The van der Waals surface area contributed by atoms with E-state index in [4.69, 9.17) is 18.6 Å². The number of pyridine rings is 1. The van der Waals surface area contributed by atoms with E-state index in [1.54, 1.807) is 32.9 Å². The van der Waals surface area contributed by atoms with Crippen molar-refractivity contribution in [2.45, 2.75) is 51.0 Å². The van der Waals surface area contributed by atoms with E-state index < -0.39 is 41.7 Å². The Morgan fingerprint density at radius 1 is 1.15 bits per heavy atom. The Bertz CT molecular complexity index is 1260. The van der Waals surface area contributed by atoms with E-state index in [0.717, 1.165) is 0 Å². The van der Waals surface area contributed by atoms with Crippen LogP contribution in [0.25, 0.3) is 11.0 Å². The van der Waals surface area contributed by atoms with Gasteiger partial charge < -0.3 is 34.2 Å². The van der Waals surface area contributed by atoms with Crippen molar-refractivity contribution in [1.29, 1.82) is 0 Å². The molecule has 4 atom stereocenters. The van der Waals surface area contributed by atoms with Gasteiger partial charge in [0.25, 0.3) is 5.91 Å². The molecule has 10 nitrogen and oxygen atoms in total. The molecule has 0 radical (unpaired) electrons. The number of nitrogens with zero attached hydrogens (tertiary/aromatic N) is 1. The van der Waals surface area contributed by atoms with E-state index in [1.807, 2.05) is 0 Å². The molecule has 3 N–H and O–H groups in total. The van der Waals surface area contributed by atoms with Gasteiger partial charge in [0.05, 0.1) is 5.60 Å². The Labute approximate surface area is 195 Å². The quantitative estimate of drug-likeness (QED) is 0.478.